The Labute approximate surface area is 113 Å². The van der Waals surface area contributed by atoms with E-state index in [-0.39, 0.29) is 12.3 Å². The Morgan fingerprint density at radius 2 is 2.16 bits per heavy atom. The molecule has 1 aliphatic rings. The van der Waals surface area contributed by atoms with Crippen LogP contribution in [0.1, 0.15) is 37.8 Å². The molecule has 1 aliphatic carbocycles. The number of carbonyl (C=O) groups is 1. The molecular weight excluding hydrogens is 244 g/mol. The van der Waals surface area contributed by atoms with E-state index in [1.54, 1.807) is 19.2 Å². The number of hydrogen-bond acceptors (Lipinski definition) is 4. The van der Waals surface area contributed by atoms with Crippen molar-refractivity contribution in [3.63, 3.8) is 0 Å². The van der Waals surface area contributed by atoms with Gasteiger partial charge in [-0.2, -0.15) is 0 Å². The number of methoxy groups -OCH3 is 1. The Hall–Kier alpha value is -1.62. The summed E-state index contributed by atoms with van der Waals surface area (Å²) in [6, 6.07) is 3.46. The molecule has 0 aromatic carbocycles. The second-order valence-corrected chi connectivity index (χ2v) is 5.14. The van der Waals surface area contributed by atoms with Gasteiger partial charge in [-0.05, 0) is 25.8 Å². The first-order valence-electron chi connectivity index (χ1n) is 6.56. The van der Waals surface area contributed by atoms with Gasteiger partial charge in [-0.1, -0.05) is 12.8 Å². The van der Waals surface area contributed by atoms with Gasteiger partial charge in [0.25, 0.3) is 0 Å². The SMILES string of the molecule is COc1ccc(NC(=O)CC2(O)CCCC2)c(C)n1. The molecule has 2 rings (SSSR count). The van der Waals surface area contributed by atoms with E-state index in [1.165, 1.54) is 0 Å². The molecular formula is C14H20N2O3. The maximum Gasteiger partial charge on any atom is 0.227 e. The highest BCUT2D eigenvalue weighted by molar-refractivity contribution is 5.91. The number of carbonyl (C=O) groups excluding carboxylic acids is 1. The van der Waals surface area contributed by atoms with Crippen molar-refractivity contribution in [2.45, 2.75) is 44.6 Å². The largest absolute Gasteiger partial charge is 0.481 e. The van der Waals surface area contributed by atoms with Crippen molar-refractivity contribution >= 4 is 11.6 Å². The minimum absolute atomic E-state index is 0.151. The van der Waals surface area contributed by atoms with E-state index in [1.807, 2.05) is 6.92 Å². The van der Waals surface area contributed by atoms with Crippen molar-refractivity contribution in [2.75, 3.05) is 12.4 Å². The summed E-state index contributed by atoms with van der Waals surface area (Å²) in [6.45, 7) is 1.81. The number of hydrogen-bond donors (Lipinski definition) is 2. The van der Waals surface area contributed by atoms with Gasteiger partial charge < -0.3 is 15.2 Å². The molecule has 1 saturated carbocycles. The Bertz CT molecular complexity index is 468. The molecule has 0 atom stereocenters. The molecule has 1 fully saturated rings. The zero-order valence-corrected chi connectivity index (χ0v) is 11.4. The molecule has 2 N–H and O–H groups in total. The first-order valence-corrected chi connectivity index (χ1v) is 6.56. The topological polar surface area (TPSA) is 71.5 Å². The molecule has 0 radical (unpaired) electrons. The van der Waals surface area contributed by atoms with Gasteiger partial charge in [0.2, 0.25) is 11.8 Å². The van der Waals surface area contributed by atoms with Crippen molar-refractivity contribution < 1.29 is 14.6 Å². The maximum absolute atomic E-state index is 12.0. The van der Waals surface area contributed by atoms with E-state index in [0.29, 0.717) is 30.1 Å². The number of aromatic nitrogens is 1. The number of anilines is 1. The summed E-state index contributed by atoms with van der Waals surface area (Å²) in [7, 11) is 1.55. The Kier molecular flexibility index (Phi) is 4.04. The number of ether oxygens (including phenoxy) is 1. The van der Waals surface area contributed by atoms with E-state index in [0.717, 1.165) is 12.8 Å². The van der Waals surface area contributed by atoms with Crippen LogP contribution in [-0.2, 0) is 4.79 Å². The summed E-state index contributed by atoms with van der Waals surface area (Å²) in [6.07, 6.45) is 3.55. The number of nitrogens with zero attached hydrogens (tertiary/aromatic N) is 1. The van der Waals surface area contributed by atoms with Crippen molar-refractivity contribution in [3.05, 3.63) is 17.8 Å². The van der Waals surface area contributed by atoms with Gasteiger partial charge in [0.15, 0.2) is 0 Å². The Morgan fingerprint density at radius 3 is 2.74 bits per heavy atom. The van der Waals surface area contributed by atoms with E-state index < -0.39 is 5.60 Å². The van der Waals surface area contributed by atoms with Crippen LogP contribution < -0.4 is 10.1 Å². The highest BCUT2D eigenvalue weighted by atomic mass is 16.5. The summed E-state index contributed by atoms with van der Waals surface area (Å²) in [5.74, 6) is 0.351. The standard InChI is InChI=1S/C14H20N2O3/c1-10-11(5-6-13(15-10)19-2)16-12(17)9-14(18)7-3-4-8-14/h5-6,18H,3-4,7-9H2,1-2H3,(H,16,17). The summed E-state index contributed by atoms with van der Waals surface area (Å²) in [5, 5.41) is 13.0. The fourth-order valence-corrected chi connectivity index (χ4v) is 2.49. The zero-order valence-electron chi connectivity index (χ0n) is 11.4. The van der Waals surface area contributed by atoms with Crippen LogP contribution in [0, 0.1) is 6.92 Å². The molecule has 19 heavy (non-hydrogen) atoms. The van der Waals surface area contributed by atoms with Crippen LogP contribution in [0.3, 0.4) is 0 Å². The average molecular weight is 264 g/mol. The van der Waals surface area contributed by atoms with Crippen LogP contribution in [0.5, 0.6) is 5.88 Å². The minimum Gasteiger partial charge on any atom is -0.481 e. The predicted octanol–water partition coefficient (Wildman–Crippen LogP) is 2.03. The third kappa shape index (κ3) is 3.44. The smallest absolute Gasteiger partial charge is 0.227 e. The van der Waals surface area contributed by atoms with Crippen LogP contribution in [0.4, 0.5) is 5.69 Å². The van der Waals surface area contributed by atoms with Gasteiger partial charge in [-0.15, -0.1) is 0 Å². The van der Waals surface area contributed by atoms with Crippen molar-refractivity contribution in [1.82, 2.24) is 4.98 Å². The Morgan fingerprint density at radius 1 is 1.47 bits per heavy atom. The zero-order chi connectivity index (χ0) is 13.9. The summed E-state index contributed by atoms with van der Waals surface area (Å²) in [5.41, 5.74) is 0.538. The lowest BCUT2D eigenvalue weighted by molar-refractivity contribution is -0.120. The fraction of sp³-hybridized carbons (Fsp3) is 0.571. The fourth-order valence-electron chi connectivity index (χ4n) is 2.49. The van der Waals surface area contributed by atoms with Crippen molar-refractivity contribution in [2.24, 2.45) is 0 Å². The molecule has 5 heteroatoms. The van der Waals surface area contributed by atoms with Gasteiger partial charge in [0.05, 0.1) is 30.5 Å². The number of pyridine rings is 1. The first kappa shape index (κ1) is 13.8. The van der Waals surface area contributed by atoms with Crippen molar-refractivity contribution in [1.29, 1.82) is 0 Å². The number of nitrogens with one attached hydrogen (secondary N) is 1. The normalized spacial score (nSPS) is 17.2. The van der Waals surface area contributed by atoms with E-state index in [9.17, 15) is 9.90 Å². The van der Waals surface area contributed by atoms with Gasteiger partial charge >= 0.3 is 0 Å². The summed E-state index contributed by atoms with van der Waals surface area (Å²) >= 11 is 0. The van der Waals surface area contributed by atoms with Crippen LogP contribution >= 0.6 is 0 Å². The molecule has 1 amide bonds. The second kappa shape index (κ2) is 5.57. The molecule has 104 valence electrons. The number of rotatable bonds is 4. The van der Waals surface area contributed by atoms with E-state index in [4.69, 9.17) is 4.74 Å². The highest BCUT2D eigenvalue weighted by Crippen LogP contribution is 2.32. The lowest BCUT2D eigenvalue weighted by Crippen LogP contribution is -2.30. The molecule has 0 saturated heterocycles. The third-order valence-corrected chi connectivity index (χ3v) is 3.57. The van der Waals surface area contributed by atoms with Crippen LogP contribution in [0.2, 0.25) is 0 Å². The van der Waals surface area contributed by atoms with E-state index in [2.05, 4.69) is 10.3 Å². The molecule has 1 aromatic heterocycles. The monoisotopic (exact) mass is 264 g/mol. The van der Waals surface area contributed by atoms with Gasteiger partial charge in [0.1, 0.15) is 0 Å². The van der Waals surface area contributed by atoms with Crippen LogP contribution in [-0.4, -0.2) is 28.7 Å². The highest BCUT2D eigenvalue weighted by Gasteiger charge is 2.33. The van der Waals surface area contributed by atoms with Gasteiger partial charge in [-0.25, -0.2) is 4.98 Å². The lowest BCUT2D eigenvalue weighted by atomic mass is 9.97. The lowest BCUT2D eigenvalue weighted by Gasteiger charge is -2.21. The molecule has 5 nitrogen and oxygen atoms in total. The molecule has 0 unspecified atom stereocenters. The second-order valence-electron chi connectivity index (χ2n) is 5.14. The molecule has 0 aliphatic heterocycles. The van der Waals surface area contributed by atoms with Crippen molar-refractivity contribution in [3.8, 4) is 5.88 Å². The molecule has 0 bridgehead atoms. The predicted molar refractivity (Wildman–Crippen MR) is 72.2 cm³/mol. The quantitative estimate of drug-likeness (QED) is 0.873. The van der Waals surface area contributed by atoms with Crippen LogP contribution in [0.15, 0.2) is 12.1 Å². The number of aliphatic hydroxyl groups is 1. The summed E-state index contributed by atoms with van der Waals surface area (Å²) < 4.78 is 5.01. The minimum atomic E-state index is -0.822. The maximum atomic E-state index is 12.0. The summed E-state index contributed by atoms with van der Waals surface area (Å²) in [4.78, 5) is 16.1. The Balaban J connectivity index is 1.98. The van der Waals surface area contributed by atoms with Gasteiger partial charge in [-0.3, -0.25) is 4.79 Å². The van der Waals surface area contributed by atoms with Crippen LogP contribution in [0.25, 0.3) is 0 Å². The number of amides is 1. The molecule has 1 heterocycles. The number of aryl methyl sites for hydroxylation is 1. The first-order chi connectivity index (χ1) is 9.02. The van der Waals surface area contributed by atoms with E-state index >= 15 is 0 Å². The average Bonchev–Trinajstić information content (AvgIpc) is 2.78. The third-order valence-electron chi connectivity index (χ3n) is 3.57. The van der Waals surface area contributed by atoms with Gasteiger partial charge in [0, 0.05) is 6.07 Å². The molecule has 0 spiro atoms. The molecule has 1 aromatic rings.